The lowest BCUT2D eigenvalue weighted by Crippen LogP contribution is -2.49. The SMILES string of the molecule is COc1cc2ccc1Oc1cccc(F)c1CNC(=O)CCCN(C(=O)C1CCCN(C(N)=O)C1)CCCNC2=O. The van der Waals surface area contributed by atoms with Crippen molar-refractivity contribution < 1.29 is 33.0 Å². The summed E-state index contributed by atoms with van der Waals surface area (Å²) in [5.74, 6) is -0.886. The van der Waals surface area contributed by atoms with Gasteiger partial charge in [-0.1, -0.05) is 6.07 Å². The van der Waals surface area contributed by atoms with E-state index in [2.05, 4.69) is 10.6 Å². The quantitative estimate of drug-likeness (QED) is 0.508. The number of hydrogen-bond acceptors (Lipinski definition) is 6. The molecule has 3 aliphatic heterocycles. The average molecular weight is 570 g/mol. The van der Waals surface area contributed by atoms with E-state index in [0.717, 1.165) is 0 Å². The second kappa shape index (κ2) is 13.8. The van der Waals surface area contributed by atoms with Crippen molar-refractivity contribution in [3.8, 4) is 17.2 Å². The molecule has 2 aromatic carbocycles. The number of carbonyl (C=O) groups is 4. The fourth-order valence-corrected chi connectivity index (χ4v) is 5.07. The molecule has 1 saturated heterocycles. The van der Waals surface area contributed by atoms with Crippen LogP contribution in [0.2, 0.25) is 0 Å². The Bertz CT molecular complexity index is 1290. The summed E-state index contributed by atoms with van der Waals surface area (Å²) in [6.07, 6.45) is 2.32. The molecule has 41 heavy (non-hydrogen) atoms. The van der Waals surface area contributed by atoms with Gasteiger partial charge in [-0.15, -0.1) is 0 Å². The van der Waals surface area contributed by atoms with Crippen LogP contribution in [-0.4, -0.2) is 73.4 Å². The Kier molecular flexibility index (Phi) is 9.99. The number of amides is 5. The first-order valence-corrected chi connectivity index (χ1v) is 13.8. The van der Waals surface area contributed by atoms with Gasteiger partial charge in [0.05, 0.1) is 13.0 Å². The molecule has 5 rings (SSSR count). The Hall–Kier alpha value is -4.35. The molecule has 3 heterocycles. The summed E-state index contributed by atoms with van der Waals surface area (Å²) in [7, 11) is 1.44. The number of halogens is 1. The molecule has 0 aromatic heterocycles. The van der Waals surface area contributed by atoms with Gasteiger partial charge in [-0.05, 0) is 56.0 Å². The van der Waals surface area contributed by atoms with E-state index in [1.54, 1.807) is 23.1 Å². The lowest BCUT2D eigenvalue weighted by atomic mass is 9.96. The number of methoxy groups -OCH3 is 1. The number of fused-ring (bicyclic) bond motifs is 13. The van der Waals surface area contributed by atoms with E-state index in [1.165, 1.54) is 30.2 Å². The van der Waals surface area contributed by atoms with Gasteiger partial charge in [0, 0.05) is 56.8 Å². The Morgan fingerprint density at radius 1 is 1.02 bits per heavy atom. The highest BCUT2D eigenvalue weighted by atomic mass is 19.1. The van der Waals surface area contributed by atoms with Crippen molar-refractivity contribution in [2.75, 3.05) is 39.8 Å². The smallest absolute Gasteiger partial charge is 0.314 e. The molecule has 0 spiro atoms. The monoisotopic (exact) mass is 569 g/mol. The van der Waals surface area contributed by atoms with Gasteiger partial charge in [0.2, 0.25) is 11.8 Å². The van der Waals surface area contributed by atoms with Crippen LogP contribution in [0, 0.1) is 11.7 Å². The second-order valence-corrected chi connectivity index (χ2v) is 10.1. The summed E-state index contributed by atoms with van der Waals surface area (Å²) >= 11 is 0. The minimum atomic E-state index is -0.550. The third kappa shape index (κ3) is 7.65. The molecule has 11 nitrogen and oxygen atoms in total. The van der Waals surface area contributed by atoms with E-state index in [9.17, 15) is 23.6 Å². The van der Waals surface area contributed by atoms with Crippen LogP contribution in [0.25, 0.3) is 0 Å². The third-order valence-corrected chi connectivity index (χ3v) is 7.30. The van der Waals surface area contributed by atoms with Crippen LogP contribution in [-0.2, 0) is 16.1 Å². The van der Waals surface area contributed by atoms with Gasteiger partial charge in [-0.25, -0.2) is 9.18 Å². The highest BCUT2D eigenvalue weighted by Crippen LogP contribution is 2.34. The van der Waals surface area contributed by atoms with Gasteiger partial charge in [-0.2, -0.15) is 0 Å². The van der Waals surface area contributed by atoms with Crippen molar-refractivity contribution in [1.29, 1.82) is 0 Å². The number of hydrogen-bond donors (Lipinski definition) is 3. The first-order chi connectivity index (χ1) is 19.8. The molecule has 5 amide bonds. The number of piperidine rings is 1. The number of nitrogens with one attached hydrogen (secondary N) is 2. The maximum atomic E-state index is 14.8. The highest BCUT2D eigenvalue weighted by molar-refractivity contribution is 5.94. The van der Waals surface area contributed by atoms with Crippen molar-refractivity contribution >= 4 is 23.8 Å². The molecule has 4 N–H and O–H groups in total. The lowest BCUT2D eigenvalue weighted by Gasteiger charge is -2.34. The van der Waals surface area contributed by atoms with Crippen molar-refractivity contribution in [2.45, 2.75) is 38.6 Å². The topological polar surface area (TPSA) is 143 Å². The predicted octanol–water partition coefficient (Wildman–Crippen LogP) is 2.78. The molecule has 2 aromatic rings. The zero-order valence-corrected chi connectivity index (χ0v) is 23.1. The first-order valence-electron chi connectivity index (χ1n) is 13.8. The van der Waals surface area contributed by atoms with E-state index < -0.39 is 11.8 Å². The van der Waals surface area contributed by atoms with Gasteiger partial charge in [0.1, 0.15) is 11.6 Å². The first kappa shape index (κ1) is 29.6. The fourth-order valence-electron chi connectivity index (χ4n) is 5.07. The van der Waals surface area contributed by atoms with Crippen LogP contribution in [0.15, 0.2) is 36.4 Å². The molecule has 1 fully saturated rings. The number of nitrogens with zero attached hydrogens (tertiary/aromatic N) is 2. The Morgan fingerprint density at radius 2 is 1.80 bits per heavy atom. The standard InChI is InChI=1S/C29H36FN5O6/c1-40-25-16-19-10-11-24(25)41-23-8-2-7-22(30)21(23)17-33-26(36)9-4-13-34(15-5-12-32-27(19)37)28(38)20-6-3-14-35(18-20)29(31)39/h2,7-8,10-11,16,20H,3-6,9,12-15,17-18H2,1H3,(H2,31,39)(H,32,37)(H,33,36). The number of ether oxygens (including phenoxy) is 2. The lowest BCUT2D eigenvalue weighted by molar-refractivity contribution is -0.137. The summed E-state index contributed by atoms with van der Waals surface area (Å²) in [5, 5.41) is 5.60. The summed E-state index contributed by atoms with van der Waals surface area (Å²) in [6, 6.07) is 8.49. The summed E-state index contributed by atoms with van der Waals surface area (Å²) in [4.78, 5) is 53.8. The van der Waals surface area contributed by atoms with Crippen LogP contribution in [0.4, 0.5) is 9.18 Å². The minimum Gasteiger partial charge on any atom is -0.493 e. The molecule has 2 bridgehead atoms. The molecular formula is C29H36FN5O6. The van der Waals surface area contributed by atoms with Crippen molar-refractivity contribution in [3.63, 3.8) is 0 Å². The number of urea groups is 1. The van der Waals surface area contributed by atoms with Gasteiger partial charge in [0.15, 0.2) is 11.5 Å². The van der Waals surface area contributed by atoms with Crippen molar-refractivity contribution in [3.05, 3.63) is 53.3 Å². The van der Waals surface area contributed by atoms with Crippen LogP contribution in [0.3, 0.4) is 0 Å². The molecule has 1 atom stereocenters. The maximum Gasteiger partial charge on any atom is 0.314 e. The minimum absolute atomic E-state index is 0.0999. The van der Waals surface area contributed by atoms with E-state index in [0.29, 0.717) is 57.4 Å². The van der Waals surface area contributed by atoms with E-state index in [1.807, 2.05) is 0 Å². The fraction of sp³-hybridized carbons (Fsp3) is 0.448. The molecule has 220 valence electrons. The van der Waals surface area contributed by atoms with Gasteiger partial charge >= 0.3 is 6.03 Å². The second-order valence-electron chi connectivity index (χ2n) is 10.1. The van der Waals surface area contributed by atoms with Gasteiger partial charge in [0.25, 0.3) is 5.91 Å². The van der Waals surface area contributed by atoms with Crippen molar-refractivity contribution in [2.24, 2.45) is 11.7 Å². The average Bonchev–Trinajstić information content (AvgIpc) is 2.97. The van der Waals surface area contributed by atoms with Crippen LogP contribution >= 0.6 is 0 Å². The van der Waals surface area contributed by atoms with Gasteiger partial charge in [-0.3, -0.25) is 14.4 Å². The van der Waals surface area contributed by atoms with Crippen LogP contribution in [0.1, 0.15) is 48.0 Å². The van der Waals surface area contributed by atoms with E-state index in [-0.39, 0.29) is 66.0 Å². The molecule has 1 unspecified atom stereocenters. The molecule has 3 aliphatic rings. The summed E-state index contributed by atoms with van der Waals surface area (Å²) < 4.78 is 26.1. The number of carbonyl (C=O) groups excluding carboxylic acids is 4. The van der Waals surface area contributed by atoms with Crippen molar-refractivity contribution in [1.82, 2.24) is 20.4 Å². The predicted molar refractivity (Wildman–Crippen MR) is 148 cm³/mol. The normalized spacial score (nSPS) is 19.0. The molecule has 0 saturated carbocycles. The Morgan fingerprint density at radius 3 is 2.59 bits per heavy atom. The van der Waals surface area contributed by atoms with E-state index in [4.69, 9.17) is 15.2 Å². The Labute approximate surface area is 238 Å². The number of likely N-dealkylation sites (tertiary alicyclic amines) is 1. The molecule has 0 aliphatic carbocycles. The third-order valence-electron chi connectivity index (χ3n) is 7.30. The summed E-state index contributed by atoms with van der Waals surface area (Å²) in [6.45, 7) is 1.67. The largest absolute Gasteiger partial charge is 0.493 e. The molecule has 0 radical (unpaired) electrons. The number of benzene rings is 2. The summed E-state index contributed by atoms with van der Waals surface area (Å²) in [5.41, 5.74) is 5.95. The Balaban J connectivity index is 1.54. The van der Waals surface area contributed by atoms with Crippen LogP contribution < -0.4 is 25.8 Å². The number of nitrogens with two attached hydrogens (primary N) is 1. The zero-order chi connectivity index (χ0) is 29.4. The van der Waals surface area contributed by atoms with E-state index >= 15 is 0 Å². The maximum absolute atomic E-state index is 14.8. The van der Waals surface area contributed by atoms with Crippen LogP contribution in [0.5, 0.6) is 17.2 Å². The number of primary amides is 1. The zero-order valence-electron chi connectivity index (χ0n) is 23.1. The molecule has 12 heteroatoms. The number of rotatable bonds is 2. The molecular weight excluding hydrogens is 533 g/mol. The highest BCUT2D eigenvalue weighted by Gasteiger charge is 2.30. The van der Waals surface area contributed by atoms with Gasteiger partial charge < -0.3 is 35.6 Å².